The Morgan fingerprint density at radius 3 is 2.67 bits per heavy atom. The Labute approximate surface area is 73.7 Å². The zero-order valence-electron chi connectivity index (χ0n) is 8.26. The van der Waals surface area contributed by atoms with Crippen molar-refractivity contribution in [2.45, 2.75) is 40.4 Å². The fourth-order valence-corrected chi connectivity index (χ4v) is 1.07. The predicted octanol–water partition coefficient (Wildman–Crippen LogP) is 2.17. The Morgan fingerprint density at radius 2 is 2.25 bits per heavy atom. The molecule has 0 aromatic heterocycles. The molecule has 1 unspecified atom stereocenters. The third-order valence-electron chi connectivity index (χ3n) is 1.86. The van der Waals surface area contributed by atoms with E-state index in [4.69, 9.17) is 9.57 Å². The van der Waals surface area contributed by atoms with Crippen molar-refractivity contribution in [1.29, 1.82) is 0 Å². The number of hydrogen-bond acceptors (Lipinski definition) is 3. The van der Waals surface area contributed by atoms with Crippen molar-refractivity contribution in [2.75, 3.05) is 6.61 Å². The number of hydrogen-bond donors (Lipinski definition) is 0. The SMILES string of the molecule is CCOC1CC(C(C)(C)C)=NO1. The molecule has 0 N–H and O–H groups in total. The minimum absolute atomic E-state index is 0.103. The van der Waals surface area contributed by atoms with Crippen molar-refractivity contribution in [1.82, 2.24) is 0 Å². The number of rotatable bonds is 2. The molecule has 70 valence electrons. The summed E-state index contributed by atoms with van der Waals surface area (Å²) in [5.41, 5.74) is 1.19. The van der Waals surface area contributed by atoms with E-state index in [1.165, 1.54) is 0 Å². The molecule has 1 atom stereocenters. The number of nitrogens with zero attached hydrogens (tertiary/aromatic N) is 1. The Morgan fingerprint density at radius 1 is 1.58 bits per heavy atom. The maximum absolute atomic E-state index is 5.29. The van der Waals surface area contributed by atoms with Crippen molar-refractivity contribution >= 4 is 5.71 Å². The van der Waals surface area contributed by atoms with E-state index < -0.39 is 0 Å². The first kappa shape index (κ1) is 9.52. The van der Waals surface area contributed by atoms with E-state index in [9.17, 15) is 0 Å². The van der Waals surface area contributed by atoms with E-state index in [-0.39, 0.29) is 11.7 Å². The average Bonchev–Trinajstić information content (AvgIpc) is 2.35. The zero-order valence-corrected chi connectivity index (χ0v) is 8.26. The molecule has 1 aliphatic rings. The summed E-state index contributed by atoms with van der Waals surface area (Å²) in [5, 5.41) is 4.00. The highest BCUT2D eigenvalue weighted by Gasteiger charge is 2.29. The molecule has 0 fully saturated rings. The molecule has 0 radical (unpaired) electrons. The van der Waals surface area contributed by atoms with Crippen LogP contribution >= 0.6 is 0 Å². The van der Waals surface area contributed by atoms with Crippen LogP contribution in [0.2, 0.25) is 0 Å². The van der Waals surface area contributed by atoms with Gasteiger partial charge >= 0.3 is 0 Å². The maximum atomic E-state index is 5.29. The lowest BCUT2D eigenvalue weighted by molar-refractivity contribution is -0.120. The topological polar surface area (TPSA) is 30.8 Å². The largest absolute Gasteiger partial charge is 0.363 e. The maximum Gasteiger partial charge on any atom is 0.232 e. The van der Waals surface area contributed by atoms with E-state index >= 15 is 0 Å². The predicted molar refractivity (Wildman–Crippen MR) is 48.0 cm³/mol. The monoisotopic (exact) mass is 171 g/mol. The lowest BCUT2D eigenvalue weighted by Crippen LogP contribution is -2.21. The van der Waals surface area contributed by atoms with Gasteiger partial charge in [0.25, 0.3) is 0 Å². The van der Waals surface area contributed by atoms with Crippen LogP contribution in [0.25, 0.3) is 0 Å². The number of oxime groups is 1. The van der Waals surface area contributed by atoms with Gasteiger partial charge in [0.15, 0.2) is 0 Å². The van der Waals surface area contributed by atoms with Gasteiger partial charge in [0.2, 0.25) is 6.29 Å². The van der Waals surface area contributed by atoms with Gasteiger partial charge in [0, 0.05) is 12.0 Å². The van der Waals surface area contributed by atoms with Crippen molar-refractivity contribution in [2.24, 2.45) is 10.6 Å². The van der Waals surface area contributed by atoms with Crippen LogP contribution in [0.3, 0.4) is 0 Å². The van der Waals surface area contributed by atoms with Crippen LogP contribution in [-0.2, 0) is 9.57 Å². The van der Waals surface area contributed by atoms with E-state index in [2.05, 4.69) is 25.9 Å². The molecule has 0 bridgehead atoms. The van der Waals surface area contributed by atoms with Crippen molar-refractivity contribution in [3.8, 4) is 0 Å². The first-order valence-electron chi connectivity index (χ1n) is 4.39. The molecule has 1 rings (SSSR count). The smallest absolute Gasteiger partial charge is 0.232 e. The average molecular weight is 171 g/mol. The second kappa shape index (κ2) is 3.44. The molecular weight excluding hydrogens is 154 g/mol. The van der Waals surface area contributed by atoms with Crippen LogP contribution in [0, 0.1) is 5.41 Å². The van der Waals surface area contributed by atoms with E-state index in [0.29, 0.717) is 6.61 Å². The fraction of sp³-hybridized carbons (Fsp3) is 0.889. The Hall–Kier alpha value is -0.570. The summed E-state index contributed by atoms with van der Waals surface area (Å²) in [5.74, 6) is 0. The first-order valence-corrected chi connectivity index (χ1v) is 4.39. The van der Waals surface area contributed by atoms with Gasteiger partial charge < -0.3 is 9.57 Å². The van der Waals surface area contributed by atoms with Gasteiger partial charge in [0.05, 0.1) is 12.1 Å². The second-order valence-corrected chi connectivity index (χ2v) is 3.98. The van der Waals surface area contributed by atoms with Crippen LogP contribution in [0.1, 0.15) is 34.1 Å². The summed E-state index contributed by atoms with van der Waals surface area (Å²) in [6.07, 6.45) is 0.654. The van der Waals surface area contributed by atoms with Crippen LogP contribution in [0.5, 0.6) is 0 Å². The highest BCUT2D eigenvalue weighted by atomic mass is 16.8. The van der Waals surface area contributed by atoms with Gasteiger partial charge in [-0.1, -0.05) is 25.9 Å². The minimum atomic E-state index is -0.149. The normalized spacial score (nSPS) is 23.7. The van der Waals surface area contributed by atoms with Gasteiger partial charge in [-0.15, -0.1) is 0 Å². The van der Waals surface area contributed by atoms with E-state index in [1.807, 2.05) is 6.92 Å². The quantitative estimate of drug-likeness (QED) is 0.637. The van der Waals surface area contributed by atoms with Crippen molar-refractivity contribution in [3.63, 3.8) is 0 Å². The van der Waals surface area contributed by atoms with Crippen LogP contribution < -0.4 is 0 Å². The molecule has 0 saturated carbocycles. The van der Waals surface area contributed by atoms with E-state index in [0.717, 1.165) is 12.1 Å². The first-order chi connectivity index (χ1) is 5.54. The Bertz CT molecular complexity index is 181. The summed E-state index contributed by atoms with van der Waals surface area (Å²) in [6, 6.07) is 0. The standard InChI is InChI=1S/C9H17NO2/c1-5-11-8-6-7(10-12-8)9(2,3)4/h8H,5-6H2,1-4H3. The molecule has 0 saturated heterocycles. The van der Waals surface area contributed by atoms with Crippen LogP contribution in [-0.4, -0.2) is 18.6 Å². The summed E-state index contributed by atoms with van der Waals surface area (Å²) >= 11 is 0. The van der Waals surface area contributed by atoms with Gasteiger partial charge in [-0.25, -0.2) is 0 Å². The fourth-order valence-electron chi connectivity index (χ4n) is 1.07. The van der Waals surface area contributed by atoms with Gasteiger partial charge in [-0.3, -0.25) is 0 Å². The summed E-state index contributed by atoms with van der Waals surface area (Å²) < 4.78 is 5.29. The Kier molecular flexibility index (Phi) is 2.73. The summed E-state index contributed by atoms with van der Waals surface area (Å²) in [4.78, 5) is 5.10. The van der Waals surface area contributed by atoms with Crippen LogP contribution in [0.4, 0.5) is 0 Å². The van der Waals surface area contributed by atoms with Crippen LogP contribution in [0.15, 0.2) is 5.16 Å². The molecule has 0 amide bonds. The molecule has 0 aliphatic carbocycles. The highest BCUT2D eigenvalue weighted by Crippen LogP contribution is 2.25. The third-order valence-corrected chi connectivity index (χ3v) is 1.86. The van der Waals surface area contributed by atoms with E-state index in [1.54, 1.807) is 0 Å². The molecule has 3 heteroatoms. The van der Waals surface area contributed by atoms with Gasteiger partial charge in [-0.05, 0) is 6.92 Å². The lowest BCUT2D eigenvalue weighted by atomic mass is 9.88. The molecule has 1 heterocycles. The molecule has 0 aromatic carbocycles. The molecule has 0 aromatic rings. The lowest BCUT2D eigenvalue weighted by Gasteiger charge is -2.16. The summed E-state index contributed by atoms with van der Waals surface area (Å²) in [6.45, 7) is 9.02. The highest BCUT2D eigenvalue weighted by molar-refractivity contribution is 5.89. The molecular formula is C9H17NO2. The third kappa shape index (κ3) is 2.21. The second-order valence-electron chi connectivity index (χ2n) is 3.98. The van der Waals surface area contributed by atoms with Gasteiger partial charge in [0.1, 0.15) is 0 Å². The number of ether oxygens (including phenoxy) is 1. The molecule has 12 heavy (non-hydrogen) atoms. The van der Waals surface area contributed by atoms with Crippen molar-refractivity contribution in [3.05, 3.63) is 0 Å². The minimum Gasteiger partial charge on any atom is -0.363 e. The summed E-state index contributed by atoms with van der Waals surface area (Å²) in [7, 11) is 0. The molecule has 1 aliphatic heterocycles. The Balaban J connectivity index is 2.43. The van der Waals surface area contributed by atoms with Crippen molar-refractivity contribution < 1.29 is 9.57 Å². The van der Waals surface area contributed by atoms with Gasteiger partial charge in [-0.2, -0.15) is 0 Å². The molecule has 0 spiro atoms. The molecule has 3 nitrogen and oxygen atoms in total. The zero-order chi connectivity index (χ0) is 9.19.